The van der Waals surface area contributed by atoms with Gasteiger partial charge in [0.1, 0.15) is 0 Å². The van der Waals surface area contributed by atoms with E-state index >= 15 is 0 Å². The lowest BCUT2D eigenvalue weighted by Crippen LogP contribution is -2.40. The van der Waals surface area contributed by atoms with E-state index in [0.717, 1.165) is 19.5 Å². The van der Waals surface area contributed by atoms with Crippen molar-refractivity contribution in [3.8, 4) is 0 Å². The third kappa shape index (κ3) is 3.64. The molecule has 1 aliphatic heterocycles. The molecule has 4 unspecified atom stereocenters. The third-order valence-electron chi connectivity index (χ3n) is 4.72. The Balaban J connectivity index is 2.03. The average Bonchev–Trinajstić information content (AvgIpc) is 2.96. The number of hydrogen-bond acceptors (Lipinski definition) is 4. The van der Waals surface area contributed by atoms with E-state index in [2.05, 4.69) is 43.0 Å². The van der Waals surface area contributed by atoms with E-state index in [1.165, 1.54) is 11.1 Å². The van der Waals surface area contributed by atoms with Crippen molar-refractivity contribution < 1.29 is 9.47 Å². The topological polar surface area (TPSA) is 47.7 Å². The van der Waals surface area contributed by atoms with E-state index < -0.39 is 0 Å². The van der Waals surface area contributed by atoms with Crippen LogP contribution in [0.15, 0.2) is 24.3 Å². The highest BCUT2D eigenvalue weighted by Gasteiger charge is 2.36. The molecule has 1 saturated heterocycles. The van der Waals surface area contributed by atoms with Gasteiger partial charge in [0.05, 0.1) is 12.2 Å². The van der Waals surface area contributed by atoms with E-state index in [9.17, 15) is 0 Å². The summed E-state index contributed by atoms with van der Waals surface area (Å²) in [7, 11) is 3.49. The number of methoxy groups -OCH3 is 2. The van der Waals surface area contributed by atoms with Crippen LogP contribution in [0.2, 0.25) is 0 Å². The van der Waals surface area contributed by atoms with Gasteiger partial charge in [-0.3, -0.25) is 4.90 Å². The Labute approximate surface area is 128 Å². The Bertz CT molecular complexity index is 423. The Morgan fingerprint density at radius 1 is 1.14 bits per heavy atom. The maximum absolute atomic E-state index is 6.46. The Kier molecular flexibility index (Phi) is 5.76. The van der Waals surface area contributed by atoms with Crippen molar-refractivity contribution in [2.24, 2.45) is 5.73 Å². The van der Waals surface area contributed by atoms with Crippen molar-refractivity contribution in [2.75, 3.05) is 27.3 Å². The van der Waals surface area contributed by atoms with Crippen molar-refractivity contribution in [1.29, 1.82) is 0 Å². The molecule has 0 bridgehead atoms. The van der Waals surface area contributed by atoms with Gasteiger partial charge in [-0.05, 0) is 24.5 Å². The minimum Gasteiger partial charge on any atom is -0.377 e. The number of aryl methyl sites for hydroxylation is 1. The zero-order valence-corrected chi connectivity index (χ0v) is 13.6. The summed E-state index contributed by atoms with van der Waals surface area (Å²) in [4.78, 5) is 2.36. The number of likely N-dealkylation sites (tertiary alicyclic amines) is 1. The van der Waals surface area contributed by atoms with Crippen LogP contribution < -0.4 is 5.73 Å². The molecule has 0 amide bonds. The van der Waals surface area contributed by atoms with E-state index in [-0.39, 0.29) is 24.3 Å². The molecular formula is C17H28N2O2. The van der Waals surface area contributed by atoms with Crippen LogP contribution in [0.25, 0.3) is 0 Å². The van der Waals surface area contributed by atoms with E-state index in [1.807, 2.05) is 0 Å². The number of nitrogens with zero attached hydrogens (tertiary/aromatic N) is 1. The van der Waals surface area contributed by atoms with Crippen molar-refractivity contribution in [3.05, 3.63) is 35.4 Å². The molecule has 0 saturated carbocycles. The second-order valence-corrected chi connectivity index (χ2v) is 5.86. The molecule has 1 heterocycles. The van der Waals surface area contributed by atoms with Gasteiger partial charge in [-0.25, -0.2) is 0 Å². The smallest absolute Gasteiger partial charge is 0.0971 e. The van der Waals surface area contributed by atoms with Crippen LogP contribution in [0.5, 0.6) is 0 Å². The fraction of sp³-hybridized carbons (Fsp3) is 0.647. The van der Waals surface area contributed by atoms with Crippen LogP contribution in [-0.2, 0) is 15.9 Å². The molecule has 0 radical (unpaired) electrons. The molecule has 1 aromatic rings. The standard InChI is InChI=1S/C17H28N2O2/c1-5-13-6-8-14(9-7-13)17(18)12(2)19-10-15(20-3)16(11-19)21-4/h6-9,12,15-17H,5,10-11,18H2,1-4H3. The van der Waals surface area contributed by atoms with Gasteiger partial charge in [-0.2, -0.15) is 0 Å². The van der Waals surface area contributed by atoms with Crippen LogP contribution in [-0.4, -0.2) is 50.5 Å². The lowest BCUT2D eigenvalue weighted by atomic mass is 9.98. The quantitative estimate of drug-likeness (QED) is 0.871. The highest BCUT2D eigenvalue weighted by Crippen LogP contribution is 2.25. The summed E-state index contributed by atoms with van der Waals surface area (Å²) in [6.07, 6.45) is 1.32. The molecule has 4 heteroatoms. The molecule has 1 fully saturated rings. The average molecular weight is 292 g/mol. The molecule has 4 nitrogen and oxygen atoms in total. The van der Waals surface area contributed by atoms with E-state index in [1.54, 1.807) is 14.2 Å². The summed E-state index contributed by atoms with van der Waals surface area (Å²) < 4.78 is 11.0. The normalized spacial score (nSPS) is 26.0. The van der Waals surface area contributed by atoms with Crippen molar-refractivity contribution in [3.63, 3.8) is 0 Å². The molecule has 1 aromatic carbocycles. The maximum Gasteiger partial charge on any atom is 0.0971 e. The summed E-state index contributed by atoms with van der Waals surface area (Å²) in [5, 5.41) is 0. The SMILES string of the molecule is CCc1ccc(C(N)C(C)N2CC(OC)C(OC)C2)cc1. The summed E-state index contributed by atoms with van der Waals surface area (Å²) in [6, 6.07) is 8.90. The largest absolute Gasteiger partial charge is 0.377 e. The maximum atomic E-state index is 6.46. The summed E-state index contributed by atoms with van der Waals surface area (Å²) >= 11 is 0. The first-order chi connectivity index (χ1) is 10.1. The van der Waals surface area contributed by atoms with Crippen molar-refractivity contribution in [2.45, 2.75) is 44.6 Å². The van der Waals surface area contributed by atoms with Crippen LogP contribution in [0.1, 0.15) is 31.0 Å². The molecule has 118 valence electrons. The first-order valence-corrected chi connectivity index (χ1v) is 7.74. The lowest BCUT2D eigenvalue weighted by Gasteiger charge is -2.29. The van der Waals surface area contributed by atoms with Gasteiger partial charge in [-0.15, -0.1) is 0 Å². The highest BCUT2D eigenvalue weighted by molar-refractivity contribution is 5.25. The van der Waals surface area contributed by atoms with Gasteiger partial charge in [0.2, 0.25) is 0 Å². The van der Waals surface area contributed by atoms with Crippen LogP contribution in [0.3, 0.4) is 0 Å². The highest BCUT2D eigenvalue weighted by atomic mass is 16.5. The predicted molar refractivity (Wildman–Crippen MR) is 85.4 cm³/mol. The van der Waals surface area contributed by atoms with Crippen molar-refractivity contribution >= 4 is 0 Å². The molecule has 1 aliphatic rings. The van der Waals surface area contributed by atoms with Crippen LogP contribution >= 0.6 is 0 Å². The molecule has 2 N–H and O–H groups in total. The second kappa shape index (κ2) is 7.36. The Morgan fingerprint density at radius 2 is 1.67 bits per heavy atom. The Morgan fingerprint density at radius 3 is 2.10 bits per heavy atom. The van der Waals surface area contributed by atoms with Crippen LogP contribution in [0, 0.1) is 0 Å². The summed E-state index contributed by atoms with van der Waals surface area (Å²) in [5.41, 5.74) is 9.00. The number of nitrogens with two attached hydrogens (primary N) is 1. The first-order valence-electron chi connectivity index (χ1n) is 7.74. The summed E-state index contributed by atoms with van der Waals surface area (Å²) in [6.45, 7) is 6.09. The number of hydrogen-bond donors (Lipinski definition) is 1. The van der Waals surface area contributed by atoms with Crippen molar-refractivity contribution in [1.82, 2.24) is 4.90 Å². The molecule has 0 aliphatic carbocycles. The van der Waals surface area contributed by atoms with Gasteiger partial charge in [0.15, 0.2) is 0 Å². The zero-order valence-electron chi connectivity index (χ0n) is 13.6. The molecule has 4 atom stereocenters. The van der Waals surface area contributed by atoms with E-state index in [4.69, 9.17) is 15.2 Å². The van der Waals surface area contributed by atoms with Gasteiger partial charge in [-0.1, -0.05) is 31.2 Å². The minimum absolute atomic E-state index is 0.00372. The van der Waals surface area contributed by atoms with Gasteiger partial charge < -0.3 is 15.2 Å². The molecule has 21 heavy (non-hydrogen) atoms. The molecular weight excluding hydrogens is 264 g/mol. The molecule has 0 spiro atoms. The van der Waals surface area contributed by atoms with Crippen LogP contribution in [0.4, 0.5) is 0 Å². The van der Waals surface area contributed by atoms with E-state index in [0.29, 0.717) is 0 Å². The van der Waals surface area contributed by atoms with Gasteiger partial charge in [0.25, 0.3) is 0 Å². The minimum atomic E-state index is 0.00372. The first kappa shape index (κ1) is 16.4. The fourth-order valence-electron chi connectivity index (χ4n) is 3.04. The number of ether oxygens (including phenoxy) is 2. The molecule has 0 aromatic heterocycles. The molecule has 2 rings (SSSR count). The number of rotatable bonds is 6. The zero-order chi connectivity index (χ0) is 15.4. The van der Waals surface area contributed by atoms with Gasteiger partial charge >= 0.3 is 0 Å². The lowest BCUT2D eigenvalue weighted by molar-refractivity contribution is -0.00461. The van der Waals surface area contributed by atoms with Gasteiger partial charge in [0, 0.05) is 39.4 Å². The third-order valence-corrected chi connectivity index (χ3v) is 4.72. The summed E-state index contributed by atoms with van der Waals surface area (Å²) in [5.74, 6) is 0. The Hall–Kier alpha value is -0.940. The fourth-order valence-corrected chi connectivity index (χ4v) is 3.04. The predicted octanol–water partition coefficient (Wildman–Crippen LogP) is 1.98. The second-order valence-electron chi connectivity index (χ2n) is 5.86. The monoisotopic (exact) mass is 292 g/mol. The number of benzene rings is 1.